The molecule has 0 atom stereocenters. The molecule has 2 aromatic rings. The van der Waals surface area contributed by atoms with Crippen molar-refractivity contribution in [3.63, 3.8) is 0 Å². The van der Waals surface area contributed by atoms with Crippen LogP contribution in [-0.2, 0) is 0 Å². The van der Waals surface area contributed by atoms with Crippen molar-refractivity contribution in [2.45, 2.75) is 0 Å². The van der Waals surface area contributed by atoms with Gasteiger partial charge in [0.25, 0.3) is 0 Å². The molecule has 110 valence electrons. The van der Waals surface area contributed by atoms with Gasteiger partial charge in [0.1, 0.15) is 5.84 Å². The van der Waals surface area contributed by atoms with E-state index < -0.39 is 0 Å². The minimum atomic E-state index is 0.729. The van der Waals surface area contributed by atoms with Crippen LogP contribution in [0.2, 0.25) is 5.02 Å². The summed E-state index contributed by atoms with van der Waals surface area (Å²) in [7, 11) is 2.00. The van der Waals surface area contributed by atoms with Crippen molar-refractivity contribution >= 4 is 29.0 Å². The van der Waals surface area contributed by atoms with Gasteiger partial charge in [0.05, 0.1) is 12.2 Å². The molecule has 0 aromatic heterocycles. The summed E-state index contributed by atoms with van der Waals surface area (Å²) in [6.07, 6.45) is 0. The highest BCUT2D eigenvalue weighted by Crippen LogP contribution is 2.30. The van der Waals surface area contributed by atoms with Crippen LogP contribution in [0, 0.1) is 0 Å². The maximum absolute atomic E-state index is 6.00. The standard InChI is InChI=1S/C17H15ClN4/c1-21-10-11-22-16(12-6-8-13(18)9-7-12)19-15-5-3-2-4-14(15)17(22)20-21/h2-9H,10-11H2,1H3. The molecule has 2 aromatic carbocycles. The topological polar surface area (TPSA) is 31.2 Å². The van der Waals surface area contributed by atoms with Crippen LogP contribution in [0.5, 0.6) is 0 Å². The van der Waals surface area contributed by atoms with Gasteiger partial charge in [0.2, 0.25) is 0 Å². The molecule has 0 saturated carbocycles. The molecule has 2 aliphatic rings. The van der Waals surface area contributed by atoms with Crippen LogP contribution in [-0.4, -0.2) is 41.7 Å². The summed E-state index contributed by atoms with van der Waals surface area (Å²) in [6, 6.07) is 15.9. The zero-order chi connectivity index (χ0) is 15.1. The van der Waals surface area contributed by atoms with Gasteiger partial charge in [-0.1, -0.05) is 23.7 Å². The first-order valence-electron chi connectivity index (χ1n) is 7.24. The van der Waals surface area contributed by atoms with Crippen LogP contribution in [0.25, 0.3) is 0 Å². The molecule has 0 fully saturated rings. The maximum Gasteiger partial charge on any atom is 0.163 e. The second-order valence-corrected chi connectivity index (χ2v) is 5.85. The lowest BCUT2D eigenvalue weighted by atomic mass is 10.1. The number of nitrogens with zero attached hydrogens (tertiary/aromatic N) is 4. The first kappa shape index (κ1) is 13.3. The van der Waals surface area contributed by atoms with E-state index in [1.165, 1.54) is 0 Å². The fraction of sp³-hybridized carbons (Fsp3) is 0.176. The number of benzene rings is 2. The van der Waals surface area contributed by atoms with Crippen molar-refractivity contribution < 1.29 is 0 Å². The van der Waals surface area contributed by atoms with Crippen LogP contribution in [0.4, 0.5) is 5.69 Å². The quantitative estimate of drug-likeness (QED) is 0.809. The van der Waals surface area contributed by atoms with Crippen LogP contribution >= 0.6 is 11.6 Å². The lowest BCUT2D eigenvalue weighted by Crippen LogP contribution is -2.48. The zero-order valence-electron chi connectivity index (χ0n) is 12.2. The van der Waals surface area contributed by atoms with Crippen LogP contribution in [0.3, 0.4) is 0 Å². The van der Waals surface area contributed by atoms with Crippen LogP contribution in [0.1, 0.15) is 11.1 Å². The fourth-order valence-corrected chi connectivity index (χ4v) is 2.90. The largest absolute Gasteiger partial charge is 0.307 e. The summed E-state index contributed by atoms with van der Waals surface area (Å²) < 4.78 is 0. The number of hydrogen-bond donors (Lipinski definition) is 0. The predicted octanol–water partition coefficient (Wildman–Crippen LogP) is 3.34. The highest BCUT2D eigenvalue weighted by Gasteiger charge is 2.30. The van der Waals surface area contributed by atoms with Crippen LogP contribution in [0.15, 0.2) is 58.6 Å². The second kappa shape index (κ2) is 5.14. The van der Waals surface area contributed by atoms with Gasteiger partial charge >= 0.3 is 0 Å². The number of hydrazone groups is 1. The molecule has 0 amide bonds. The van der Waals surface area contributed by atoms with E-state index in [-0.39, 0.29) is 0 Å². The van der Waals surface area contributed by atoms with Gasteiger partial charge in [0.15, 0.2) is 5.84 Å². The van der Waals surface area contributed by atoms with Gasteiger partial charge in [-0.25, -0.2) is 4.99 Å². The number of fused-ring (bicyclic) bond motifs is 3. The molecule has 0 N–H and O–H groups in total. The molecule has 5 heteroatoms. The minimum Gasteiger partial charge on any atom is -0.307 e. The van der Waals surface area contributed by atoms with Gasteiger partial charge in [-0.2, -0.15) is 5.10 Å². The first-order valence-corrected chi connectivity index (χ1v) is 7.61. The van der Waals surface area contributed by atoms with Gasteiger partial charge in [-0.15, -0.1) is 0 Å². The molecule has 4 rings (SSSR count). The smallest absolute Gasteiger partial charge is 0.163 e. The molecule has 0 saturated heterocycles. The molecule has 4 nitrogen and oxygen atoms in total. The van der Waals surface area contributed by atoms with Gasteiger partial charge < -0.3 is 4.90 Å². The number of likely N-dealkylation sites (N-methyl/N-ethyl adjacent to an activating group) is 1. The Bertz CT molecular complexity index is 780. The SMILES string of the molecule is CN1CCN2C(c3ccc(Cl)cc3)=Nc3ccccc3C2=N1. The summed E-state index contributed by atoms with van der Waals surface area (Å²) >= 11 is 6.00. The molecule has 2 aliphatic heterocycles. The lowest BCUT2D eigenvalue weighted by Gasteiger charge is -2.36. The van der Waals surface area contributed by atoms with Crippen LogP contribution < -0.4 is 0 Å². The Balaban J connectivity index is 1.90. The third-order valence-corrected chi connectivity index (χ3v) is 4.15. The van der Waals surface area contributed by atoms with E-state index in [1.807, 2.05) is 54.5 Å². The Morgan fingerprint density at radius 2 is 1.73 bits per heavy atom. The average molecular weight is 311 g/mol. The van der Waals surface area contributed by atoms with Crippen molar-refractivity contribution in [1.82, 2.24) is 9.91 Å². The van der Waals surface area contributed by atoms with Crippen molar-refractivity contribution in [3.05, 3.63) is 64.7 Å². The van der Waals surface area contributed by atoms with Crippen molar-refractivity contribution in [1.29, 1.82) is 0 Å². The van der Waals surface area contributed by atoms with Crippen molar-refractivity contribution in [2.24, 2.45) is 10.1 Å². The second-order valence-electron chi connectivity index (χ2n) is 5.42. The molecule has 0 aliphatic carbocycles. The summed E-state index contributed by atoms with van der Waals surface area (Å²) in [6.45, 7) is 1.74. The molecule has 0 unspecified atom stereocenters. The van der Waals surface area contributed by atoms with E-state index in [0.717, 1.165) is 46.6 Å². The summed E-state index contributed by atoms with van der Waals surface area (Å²) in [4.78, 5) is 7.04. The van der Waals surface area contributed by atoms with E-state index in [4.69, 9.17) is 21.7 Å². The number of rotatable bonds is 1. The molecular weight excluding hydrogens is 296 g/mol. The summed E-state index contributed by atoms with van der Waals surface area (Å²) in [5, 5.41) is 7.42. The number of halogens is 1. The third-order valence-electron chi connectivity index (χ3n) is 3.90. The number of para-hydroxylation sites is 1. The Morgan fingerprint density at radius 1 is 0.955 bits per heavy atom. The minimum absolute atomic E-state index is 0.729. The van der Waals surface area contributed by atoms with Gasteiger partial charge in [0, 0.05) is 29.7 Å². The maximum atomic E-state index is 6.00. The van der Waals surface area contributed by atoms with Gasteiger partial charge in [-0.05, 0) is 36.4 Å². The monoisotopic (exact) mass is 310 g/mol. The molecule has 0 spiro atoms. The van der Waals surface area contributed by atoms with E-state index in [2.05, 4.69) is 11.0 Å². The van der Waals surface area contributed by atoms with Gasteiger partial charge in [-0.3, -0.25) is 5.01 Å². The van der Waals surface area contributed by atoms with Crippen molar-refractivity contribution in [3.8, 4) is 0 Å². The van der Waals surface area contributed by atoms with Crippen molar-refractivity contribution in [2.75, 3.05) is 20.1 Å². The fourth-order valence-electron chi connectivity index (χ4n) is 2.78. The number of hydrogen-bond acceptors (Lipinski definition) is 4. The molecule has 22 heavy (non-hydrogen) atoms. The van der Waals surface area contributed by atoms with E-state index in [0.29, 0.717) is 0 Å². The number of aliphatic imine (C=N–C) groups is 1. The Morgan fingerprint density at radius 3 is 2.55 bits per heavy atom. The number of amidine groups is 2. The Labute approximate surface area is 134 Å². The first-order chi connectivity index (χ1) is 10.7. The average Bonchev–Trinajstić information content (AvgIpc) is 2.55. The highest BCUT2D eigenvalue weighted by atomic mass is 35.5. The predicted molar refractivity (Wildman–Crippen MR) is 90.0 cm³/mol. The van der Waals surface area contributed by atoms with E-state index >= 15 is 0 Å². The normalized spacial score (nSPS) is 16.6. The van der Waals surface area contributed by atoms with E-state index in [1.54, 1.807) is 0 Å². The molecule has 0 bridgehead atoms. The third kappa shape index (κ3) is 2.16. The summed E-state index contributed by atoms with van der Waals surface area (Å²) in [5.74, 6) is 1.89. The van der Waals surface area contributed by atoms with E-state index in [9.17, 15) is 0 Å². The summed E-state index contributed by atoms with van der Waals surface area (Å²) in [5.41, 5.74) is 3.08. The Kier molecular flexibility index (Phi) is 3.12. The highest BCUT2D eigenvalue weighted by molar-refractivity contribution is 6.30. The Hall–Kier alpha value is -2.33. The molecule has 2 heterocycles. The zero-order valence-corrected chi connectivity index (χ0v) is 13.0. The molecule has 0 radical (unpaired) electrons. The molecular formula is C17H15ClN4. The lowest BCUT2D eigenvalue weighted by molar-refractivity contribution is 0.303.